The summed E-state index contributed by atoms with van der Waals surface area (Å²) in [5.41, 5.74) is 1.83. The molecule has 2 amide bonds. The summed E-state index contributed by atoms with van der Waals surface area (Å²) in [5, 5.41) is 0. The van der Waals surface area contributed by atoms with Crippen LogP contribution in [0.2, 0.25) is 0 Å². The van der Waals surface area contributed by atoms with Crippen molar-refractivity contribution in [3.63, 3.8) is 0 Å². The molecule has 32 heavy (non-hydrogen) atoms. The Bertz CT molecular complexity index is 1200. The molecule has 3 heterocycles. The minimum absolute atomic E-state index is 0.138. The molecule has 0 atom stereocenters. The lowest BCUT2D eigenvalue weighted by Crippen LogP contribution is -2.30. The Labute approximate surface area is 188 Å². The van der Waals surface area contributed by atoms with E-state index in [-0.39, 0.29) is 25.2 Å². The lowest BCUT2D eigenvalue weighted by Gasteiger charge is -2.15. The number of hydrogen-bond donors (Lipinski definition) is 0. The molecule has 1 aromatic heterocycles. The van der Waals surface area contributed by atoms with Gasteiger partial charge in [-0.3, -0.25) is 14.5 Å². The maximum absolute atomic E-state index is 13.4. The van der Waals surface area contributed by atoms with E-state index in [1.165, 1.54) is 16.7 Å². The number of furan rings is 1. The quantitative estimate of drug-likeness (QED) is 0.500. The standard InChI is InChI=1S/C24H19NO6S/c1-28-17-7-5-16(6-8-17)21-22(32-13-18-3-2-10-29-18)24(27)25(23(21)26)12-15-4-9-19-20(11-15)31-14-30-19/h2-11H,12-14H2,1H3. The van der Waals surface area contributed by atoms with Gasteiger partial charge >= 0.3 is 0 Å². The highest BCUT2D eigenvalue weighted by Crippen LogP contribution is 2.39. The van der Waals surface area contributed by atoms with Crippen molar-refractivity contribution < 1.29 is 28.2 Å². The predicted octanol–water partition coefficient (Wildman–Crippen LogP) is 4.23. The summed E-state index contributed by atoms with van der Waals surface area (Å²) in [6, 6.07) is 16.2. The molecule has 0 bridgehead atoms. The molecule has 2 aliphatic heterocycles. The van der Waals surface area contributed by atoms with E-state index in [4.69, 9.17) is 18.6 Å². The van der Waals surface area contributed by atoms with Crippen LogP contribution in [0.1, 0.15) is 16.9 Å². The summed E-state index contributed by atoms with van der Waals surface area (Å²) in [6.45, 7) is 0.301. The van der Waals surface area contributed by atoms with Crippen molar-refractivity contribution in [3.05, 3.63) is 82.7 Å². The van der Waals surface area contributed by atoms with Gasteiger partial charge in [0, 0.05) is 0 Å². The van der Waals surface area contributed by atoms with Crippen LogP contribution in [0.15, 0.2) is 70.2 Å². The van der Waals surface area contributed by atoms with Crippen molar-refractivity contribution in [1.82, 2.24) is 4.90 Å². The van der Waals surface area contributed by atoms with E-state index in [9.17, 15) is 9.59 Å². The number of carbonyl (C=O) groups excluding carboxylic acids is 2. The van der Waals surface area contributed by atoms with Crippen LogP contribution in [0, 0.1) is 0 Å². The first-order chi connectivity index (χ1) is 15.6. The number of amides is 2. The first kappa shape index (κ1) is 20.3. The molecule has 2 aromatic carbocycles. The molecule has 0 spiro atoms. The first-order valence-corrected chi connectivity index (χ1v) is 10.9. The zero-order valence-corrected chi connectivity index (χ0v) is 18.0. The summed E-state index contributed by atoms with van der Waals surface area (Å²) >= 11 is 1.30. The third kappa shape index (κ3) is 3.73. The topological polar surface area (TPSA) is 78.2 Å². The molecule has 7 nitrogen and oxygen atoms in total. The average Bonchev–Trinajstić information content (AvgIpc) is 3.55. The van der Waals surface area contributed by atoms with Crippen LogP contribution < -0.4 is 14.2 Å². The summed E-state index contributed by atoms with van der Waals surface area (Å²) in [6.07, 6.45) is 1.59. The van der Waals surface area contributed by atoms with Gasteiger partial charge in [0.05, 0.1) is 36.1 Å². The third-order valence-electron chi connectivity index (χ3n) is 5.22. The van der Waals surface area contributed by atoms with E-state index in [0.29, 0.717) is 39.0 Å². The Hall–Kier alpha value is -3.65. The van der Waals surface area contributed by atoms with Gasteiger partial charge in [-0.1, -0.05) is 18.2 Å². The zero-order chi connectivity index (χ0) is 22.1. The van der Waals surface area contributed by atoms with Crippen LogP contribution >= 0.6 is 11.8 Å². The normalized spacial score (nSPS) is 15.1. The van der Waals surface area contributed by atoms with Crippen LogP contribution in [0.4, 0.5) is 0 Å². The van der Waals surface area contributed by atoms with Gasteiger partial charge in [0.1, 0.15) is 11.5 Å². The van der Waals surface area contributed by atoms with Gasteiger partial charge in [0.15, 0.2) is 11.5 Å². The van der Waals surface area contributed by atoms with Gasteiger partial charge in [-0.05, 0) is 47.5 Å². The van der Waals surface area contributed by atoms with Gasteiger partial charge in [0.2, 0.25) is 6.79 Å². The lowest BCUT2D eigenvalue weighted by atomic mass is 10.1. The van der Waals surface area contributed by atoms with Crippen LogP contribution in [-0.2, 0) is 21.9 Å². The Balaban J connectivity index is 1.45. The van der Waals surface area contributed by atoms with E-state index in [2.05, 4.69) is 0 Å². The number of thioether (sulfide) groups is 1. The highest BCUT2D eigenvalue weighted by atomic mass is 32.2. The molecule has 8 heteroatoms. The number of rotatable bonds is 7. The van der Waals surface area contributed by atoms with E-state index >= 15 is 0 Å². The summed E-state index contributed by atoms with van der Waals surface area (Å²) < 4.78 is 21.4. The van der Waals surface area contributed by atoms with Crippen molar-refractivity contribution >= 4 is 29.1 Å². The van der Waals surface area contributed by atoms with Gasteiger partial charge in [-0.2, -0.15) is 0 Å². The average molecular weight is 449 g/mol. The second kappa shape index (κ2) is 8.47. The second-order valence-electron chi connectivity index (χ2n) is 7.18. The van der Waals surface area contributed by atoms with Gasteiger partial charge in [-0.15, -0.1) is 11.8 Å². The second-order valence-corrected chi connectivity index (χ2v) is 8.17. The number of carbonyl (C=O) groups is 2. The van der Waals surface area contributed by atoms with Crippen LogP contribution in [0.3, 0.4) is 0 Å². The Morgan fingerprint density at radius 3 is 2.56 bits per heavy atom. The summed E-state index contributed by atoms with van der Waals surface area (Å²) in [7, 11) is 1.58. The Morgan fingerprint density at radius 1 is 1.00 bits per heavy atom. The fourth-order valence-corrected chi connectivity index (χ4v) is 4.64. The minimum Gasteiger partial charge on any atom is -0.497 e. The summed E-state index contributed by atoms with van der Waals surface area (Å²) in [5.74, 6) is 2.45. The van der Waals surface area contributed by atoms with Crippen LogP contribution in [-0.4, -0.2) is 30.6 Å². The molecule has 0 N–H and O–H groups in total. The van der Waals surface area contributed by atoms with E-state index in [1.807, 2.05) is 12.1 Å². The zero-order valence-electron chi connectivity index (χ0n) is 17.2. The smallest absolute Gasteiger partial charge is 0.268 e. The number of nitrogens with zero attached hydrogens (tertiary/aromatic N) is 1. The molecule has 0 unspecified atom stereocenters. The number of imide groups is 1. The highest BCUT2D eigenvalue weighted by Gasteiger charge is 2.39. The monoisotopic (exact) mass is 449 g/mol. The number of ether oxygens (including phenoxy) is 3. The SMILES string of the molecule is COc1ccc(C2=C(SCc3ccco3)C(=O)N(Cc3ccc4c(c3)OCO4)C2=O)cc1. The number of methoxy groups -OCH3 is 1. The molecular formula is C24H19NO6S. The molecule has 162 valence electrons. The first-order valence-electron chi connectivity index (χ1n) is 9.92. The largest absolute Gasteiger partial charge is 0.497 e. The third-order valence-corrected chi connectivity index (χ3v) is 6.32. The highest BCUT2D eigenvalue weighted by molar-refractivity contribution is 8.03. The Kier molecular flexibility index (Phi) is 5.36. The van der Waals surface area contributed by atoms with Gasteiger partial charge in [0.25, 0.3) is 11.8 Å². The molecule has 0 aliphatic carbocycles. The van der Waals surface area contributed by atoms with Crippen molar-refractivity contribution in [2.75, 3.05) is 13.9 Å². The van der Waals surface area contributed by atoms with Crippen molar-refractivity contribution in [2.45, 2.75) is 12.3 Å². The molecule has 0 fully saturated rings. The molecular weight excluding hydrogens is 430 g/mol. The Morgan fingerprint density at radius 2 is 1.81 bits per heavy atom. The molecule has 0 saturated carbocycles. The minimum atomic E-state index is -0.334. The fraction of sp³-hybridized carbons (Fsp3) is 0.167. The molecule has 0 radical (unpaired) electrons. The van der Waals surface area contributed by atoms with E-state index < -0.39 is 0 Å². The maximum Gasteiger partial charge on any atom is 0.268 e. The summed E-state index contributed by atoms with van der Waals surface area (Å²) in [4.78, 5) is 28.4. The van der Waals surface area contributed by atoms with E-state index in [1.54, 1.807) is 55.8 Å². The molecule has 3 aromatic rings. The number of benzene rings is 2. The number of hydrogen-bond acceptors (Lipinski definition) is 7. The lowest BCUT2D eigenvalue weighted by molar-refractivity contribution is -0.137. The van der Waals surface area contributed by atoms with Crippen molar-refractivity contribution in [1.29, 1.82) is 0 Å². The van der Waals surface area contributed by atoms with E-state index in [0.717, 1.165) is 11.3 Å². The van der Waals surface area contributed by atoms with Crippen molar-refractivity contribution in [2.24, 2.45) is 0 Å². The predicted molar refractivity (Wildman–Crippen MR) is 118 cm³/mol. The maximum atomic E-state index is 13.4. The molecule has 2 aliphatic rings. The van der Waals surface area contributed by atoms with Gasteiger partial charge in [-0.25, -0.2) is 0 Å². The molecule has 5 rings (SSSR count). The van der Waals surface area contributed by atoms with Crippen LogP contribution in [0.5, 0.6) is 17.2 Å². The fourth-order valence-electron chi connectivity index (χ4n) is 3.60. The van der Waals surface area contributed by atoms with Gasteiger partial charge < -0.3 is 18.6 Å². The van der Waals surface area contributed by atoms with Crippen LogP contribution in [0.25, 0.3) is 5.57 Å². The van der Waals surface area contributed by atoms with Crippen molar-refractivity contribution in [3.8, 4) is 17.2 Å². The molecule has 0 saturated heterocycles. The number of fused-ring (bicyclic) bond motifs is 1.